The van der Waals surface area contributed by atoms with Gasteiger partial charge in [0.1, 0.15) is 5.82 Å². The number of nitrogens with zero attached hydrogens (tertiary/aromatic N) is 1. The zero-order chi connectivity index (χ0) is 11.9. The number of nitrogens with one attached hydrogen (secondary N) is 1. The van der Waals surface area contributed by atoms with Crippen LogP contribution < -0.4 is 5.32 Å². The monoisotopic (exact) mass is 266 g/mol. The number of pyridine rings is 1. The number of halogens is 2. The Bertz CT molecular complexity index is 445. The van der Waals surface area contributed by atoms with Crippen molar-refractivity contribution >= 4 is 12.4 Å². The molecule has 0 aliphatic carbocycles. The van der Waals surface area contributed by atoms with Crippen molar-refractivity contribution in [3.63, 3.8) is 0 Å². The fourth-order valence-corrected chi connectivity index (χ4v) is 1.60. The van der Waals surface area contributed by atoms with Gasteiger partial charge in [-0.25, -0.2) is 4.39 Å². The average molecular weight is 267 g/mol. The van der Waals surface area contributed by atoms with Crippen molar-refractivity contribution in [3.8, 4) is 0 Å². The zero-order valence-corrected chi connectivity index (χ0v) is 10.8. The van der Waals surface area contributed by atoms with Crippen LogP contribution in [-0.2, 0) is 13.0 Å². The summed E-state index contributed by atoms with van der Waals surface area (Å²) in [5.41, 5.74) is 2.17. The van der Waals surface area contributed by atoms with Gasteiger partial charge < -0.3 is 5.32 Å². The Hall–Kier alpha value is -1.45. The van der Waals surface area contributed by atoms with E-state index in [0.717, 1.165) is 30.8 Å². The number of hydrogen-bond acceptors (Lipinski definition) is 2. The van der Waals surface area contributed by atoms with Crippen molar-refractivity contribution in [2.24, 2.45) is 0 Å². The Labute approximate surface area is 113 Å². The Morgan fingerprint density at radius 2 is 1.83 bits per heavy atom. The molecule has 96 valence electrons. The van der Waals surface area contributed by atoms with Crippen LogP contribution in [0.3, 0.4) is 0 Å². The molecule has 2 aromatic rings. The molecule has 1 N–H and O–H groups in total. The van der Waals surface area contributed by atoms with E-state index in [4.69, 9.17) is 0 Å². The molecule has 0 aliphatic rings. The summed E-state index contributed by atoms with van der Waals surface area (Å²) in [6.45, 7) is 1.63. The minimum absolute atomic E-state index is 0. The van der Waals surface area contributed by atoms with Gasteiger partial charge in [0.15, 0.2) is 0 Å². The van der Waals surface area contributed by atoms with E-state index < -0.39 is 0 Å². The normalized spacial score (nSPS) is 9.83. The summed E-state index contributed by atoms with van der Waals surface area (Å²) in [6, 6.07) is 12.5. The van der Waals surface area contributed by atoms with E-state index in [1.807, 2.05) is 30.3 Å². The maximum absolute atomic E-state index is 12.7. The minimum atomic E-state index is -0.185. The molecule has 2 nitrogen and oxygen atoms in total. The first kappa shape index (κ1) is 14.6. The second-order valence-corrected chi connectivity index (χ2v) is 3.87. The molecule has 0 unspecified atom stereocenters. The molecule has 0 aliphatic heterocycles. The maximum atomic E-state index is 12.7. The van der Waals surface area contributed by atoms with Gasteiger partial charge in [0.05, 0.1) is 5.69 Å². The smallest absolute Gasteiger partial charge is 0.123 e. The van der Waals surface area contributed by atoms with Crippen LogP contribution in [0, 0.1) is 5.82 Å². The van der Waals surface area contributed by atoms with E-state index in [-0.39, 0.29) is 18.2 Å². The summed E-state index contributed by atoms with van der Waals surface area (Å²) in [5, 5.41) is 3.31. The molecular weight excluding hydrogens is 251 g/mol. The highest BCUT2D eigenvalue weighted by atomic mass is 35.5. The van der Waals surface area contributed by atoms with Gasteiger partial charge in [-0.1, -0.05) is 18.2 Å². The van der Waals surface area contributed by atoms with Crippen LogP contribution in [0.4, 0.5) is 4.39 Å². The van der Waals surface area contributed by atoms with Crippen molar-refractivity contribution in [2.75, 3.05) is 6.54 Å². The summed E-state index contributed by atoms with van der Waals surface area (Å²) >= 11 is 0. The van der Waals surface area contributed by atoms with Crippen LogP contribution in [0.1, 0.15) is 11.3 Å². The van der Waals surface area contributed by atoms with Crippen LogP contribution in [-0.4, -0.2) is 11.5 Å². The van der Waals surface area contributed by atoms with Crippen LogP contribution >= 0.6 is 12.4 Å². The van der Waals surface area contributed by atoms with Crippen molar-refractivity contribution in [3.05, 3.63) is 65.7 Å². The van der Waals surface area contributed by atoms with Crippen LogP contribution in [0.15, 0.2) is 48.7 Å². The molecule has 0 bridgehead atoms. The largest absolute Gasteiger partial charge is 0.311 e. The quantitative estimate of drug-likeness (QED) is 0.842. The summed E-state index contributed by atoms with van der Waals surface area (Å²) in [7, 11) is 0. The molecule has 0 saturated heterocycles. The van der Waals surface area contributed by atoms with E-state index in [1.54, 1.807) is 6.20 Å². The second-order valence-electron chi connectivity index (χ2n) is 3.87. The van der Waals surface area contributed by atoms with E-state index >= 15 is 0 Å². The summed E-state index contributed by atoms with van der Waals surface area (Å²) in [5.74, 6) is -0.185. The molecule has 0 radical (unpaired) electrons. The van der Waals surface area contributed by atoms with Gasteiger partial charge in [-0.15, -0.1) is 12.4 Å². The molecule has 0 atom stereocenters. The number of benzene rings is 1. The van der Waals surface area contributed by atoms with E-state index in [2.05, 4.69) is 10.3 Å². The van der Waals surface area contributed by atoms with E-state index in [9.17, 15) is 4.39 Å². The standard InChI is InChI=1S/C14H15FN2.ClH/c15-13-6-4-12(5-7-13)8-10-16-11-14-3-1-2-9-17-14;/h1-7,9,16H,8,10-11H2;1H. The lowest BCUT2D eigenvalue weighted by Crippen LogP contribution is -2.17. The third-order valence-electron chi connectivity index (χ3n) is 2.54. The summed E-state index contributed by atoms with van der Waals surface area (Å²) in [6.07, 6.45) is 2.68. The molecular formula is C14H16ClFN2. The molecule has 1 aromatic heterocycles. The van der Waals surface area contributed by atoms with Gasteiger partial charge in [0.25, 0.3) is 0 Å². The Morgan fingerprint density at radius 1 is 1.06 bits per heavy atom. The van der Waals surface area contributed by atoms with Gasteiger partial charge in [0, 0.05) is 12.7 Å². The molecule has 2 rings (SSSR count). The van der Waals surface area contributed by atoms with Crippen molar-refractivity contribution in [1.29, 1.82) is 0 Å². The fraction of sp³-hybridized carbons (Fsp3) is 0.214. The minimum Gasteiger partial charge on any atom is -0.311 e. The fourth-order valence-electron chi connectivity index (χ4n) is 1.60. The second kappa shape index (κ2) is 7.80. The lowest BCUT2D eigenvalue weighted by Gasteiger charge is -2.04. The third-order valence-corrected chi connectivity index (χ3v) is 2.54. The van der Waals surface area contributed by atoms with E-state index in [0.29, 0.717) is 0 Å². The number of rotatable bonds is 5. The topological polar surface area (TPSA) is 24.9 Å². The van der Waals surface area contributed by atoms with Gasteiger partial charge in [-0.2, -0.15) is 0 Å². The molecule has 0 saturated carbocycles. The summed E-state index contributed by atoms with van der Waals surface area (Å²) in [4.78, 5) is 4.22. The molecule has 0 spiro atoms. The highest BCUT2D eigenvalue weighted by molar-refractivity contribution is 5.85. The Morgan fingerprint density at radius 3 is 2.50 bits per heavy atom. The molecule has 1 heterocycles. The Balaban J connectivity index is 0.00000162. The lowest BCUT2D eigenvalue weighted by molar-refractivity contribution is 0.625. The zero-order valence-electron chi connectivity index (χ0n) is 9.97. The number of hydrogen-bond donors (Lipinski definition) is 1. The highest BCUT2D eigenvalue weighted by Crippen LogP contribution is 2.02. The predicted molar refractivity (Wildman–Crippen MR) is 73.3 cm³/mol. The van der Waals surface area contributed by atoms with Crippen molar-refractivity contribution in [1.82, 2.24) is 10.3 Å². The molecule has 4 heteroatoms. The van der Waals surface area contributed by atoms with Gasteiger partial charge in [-0.05, 0) is 42.8 Å². The first-order chi connectivity index (χ1) is 8.34. The van der Waals surface area contributed by atoms with E-state index in [1.165, 1.54) is 12.1 Å². The molecule has 18 heavy (non-hydrogen) atoms. The Kier molecular flexibility index (Phi) is 6.33. The van der Waals surface area contributed by atoms with Crippen molar-refractivity contribution < 1.29 is 4.39 Å². The van der Waals surface area contributed by atoms with Gasteiger partial charge in [0.2, 0.25) is 0 Å². The summed E-state index contributed by atoms with van der Waals surface area (Å²) < 4.78 is 12.7. The van der Waals surface area contributed by atoms with Crippen LogP contribution in [0.25, 0.3) is 0 Å². The molecule has 0 amide bonds. The predicted octanol–water partition coefficient (Wildman–Crippen LogP) is 2.97. The average Bonchev–Trinajstić information content (AvgIpc) is 2.38. The lowest BCUT2D eigenvalue weighted by atomic mass is 10.1. The third kappa shape index (κ3) is 4.82. The first-order valence-corrected chi connectivity index (χ1v) is 5.70. The van der Waals surface area contributed by atoms with Gasteiger partial charge >= 0.3 is 0 Å². The molecule has 1 aromatic carbocycles. The maximum Gasteiger partial charge on any atom is 0.123 e. The van der Waals surface area contributed by atoms with Crippen molar-refractivity contribution in [2.45, 2.75) is 13.0 Å². The first-order valence-electron chi connectivity index (χ1n) is 5.70. The highest BCUT2D eigenvalue weighted by Gasteiger charge is 1.95. The number of aromatic nitrogens is 1. The SMILES string of the molecule is Cl.Fc1ccc(CCNCc2ccccn2)cc1. The van der Waals surface area contributed by atoms with Crippen LogP contribution in [0.2, 0.25) is 0 Å². The van der Waals surface area contributed by atoms with Crippen LogP contribution in [0.5, 0.6) is 0 Å². The van der Waals surface area contributed by atoms with Gasteiger partial charge in [-0.3, -0.25) is 4.98 Å². The molecule has 0 fully saturated rings.